The van der Waals surface area contributed by atoms with Crippen molar-refractivity contribution in [3.63, 3.8) is 0 Å². The Bertz CT molecular complexity index is 976. The maximum atomic E-state index is 12.6. The van der Waals surface area contributed by atoms with Crippen LogP contribution in [0.25, 0.3) is 11.1 Å². The molecule has 31 heavy (non-hydrogen) atoms. The molecule has 1 atom stereocenters. The molecule has 1 aliphatic heterocycles. The minimum Gasteiger partial charge on any atom is -0.481 e. The van der Waals surface area contributed by atoms with Gasteiger partial charge < -0.3 is 5.11 Å². The molecule has 4 heteroatoms. The molecule has 1 aromatic rings. The number of allylic oxidation sites excluding steroid dienone is 5. The molecule has 1 aliphatic rings. The Morgan fingerprint density at radius 3 is 2.48 bits per heavy atom. The first kappa shape index (κ1) is 24.5. The molecule has 1 unspecified atom stereocenters. The van der Waals surface area contributed by atoms with Crippen LogP contribution in [-0.4, -0.2) is 22.6 Å². The number of Topliss-reactive ketones (excluding diaryl/α,β-unsaturated/α-hetero) is 1. The molecule has 0 amide bonds. The molecule has 1 heterocycles. The summed E-state index contributed by atoms with van der Waals surface area (Å²) < 4.78 is 0. The Kier molecular flexibility index (Phi) is 8.73. The highest BCUT2D eigenvalue weighted by molar-refractivity contribution is 6.20. The highest BCUT2D eigenvalue weighted by Crippen LogP contribution is 2.31. The number of aliphatic imine (C=N–C) groups is 1. The number of rotatable bonds is 8. The van der Waals surface area contributed by atoms with E-state index in [1.807, 2.05) is 26.1 Å². The van der Waals surface area contributed by atoms with Crippen molar-refractivity contribution in [2.45, 2.75) is 73.6 Å². The van der Waals surface area contributed by atoms with E-state index in [2.05, 4.69) is 44.0 Å². The van der Waals surface area contributed by atoms with Gasteiger partial charge in [-0.05, 0) is 93.7 Å². The Labute approximate surface area is 186 Å². The van der Waals surface area contributed by atoms with E-state index in [0.717, 1.165) is 52.8 Å². The lowest BCUT2D eigenvalue weighted by atomic mass is 9.88. The molecule has 166 valence electrons. The van der Waals surface area contributed by atoms with Gasteiger partial charge in [-0.3, -0.25) is 14.6 Å². The van der Waals surface area contributed by atoms with E-state index >= 15 is 0 Å². The summed E-state index contributed by atoms with van der Waals surface area (Å²) in [5.41, 5.74) is 8.28. The quantitative estimate of drug-likeness (QED) is 0.474. The van der Waals surface area contributed by atoms with E-state index < -0.39 is 5.97 Å². The molecule has 4 nitrogen and oxygen atoms in total. The van der Waals surface area contributed by atoms with Crippen molar-refractivity contribution in [1.29, 1.82) is 0 Å². The fourth-order valence-corrected chi connectivity index (χ4v) is 3.83. The van der Waals surface area contributed by atoms with Crippen molar-refractivity contribution in [3.05, 3.63) is 58.3 Å². The minimum atomic E-state index is -0.798. The third kappa shape index (κ3) is 6.88. The van der Waals surface area contributed by atoms with Gasteiger partial charge in [0.15, 0.2) is 5.78 Å². The van der Waals surface area contributed by atoms with E-state index in [9.17, 15) is 9.59 Å². The standard InChI is InChI=1S/C27H35NO3/c1-7-22(14-27(30)31)10-11-25(21(6)29)26-15-23(13-18(3)20(26)5)24-12-17(2)8-9-19(4)28-16-24/h11-13,15-16,22H,7-10,14H2,1-6H3,(H,30,31)/b17-12+,24-16+,25-11-,28-19?. The Balaban J connectivity index is 2.55. The molecule has 1 N–H and O–H groups in total. The zero-order valence-electron chi connectivity index (χ0n) is 19.7. The molecular weight excluding hydrogens is 386 g/mol. The highest BCUT2D eigenvalue weighted by Gasteiger charge is 2.17. The van der Waals surface area contributed by atoms with Crippen molar-refractivity contribution in [3.8, 4) is 0 Å². The average molecular weight is 422 g/mol. The monoisotopic (exact) mass is 421 g/mol. The molecule has 2 rings (SSSR count). The molecule has 0 fully saturated rings. The van der Waals surface area contributed by atoms with E-state index in [4.69, 9.17) is 5.11 Å². The van der Waals surface area contributed by atoms with Crippen molar-refractivity contribution >= 4 is 28.6 Å². The van der Waals surface area contributed by atoms with Gasteiger partial charge in [-0.15, -0.1) is 0 Å². The first-order chi connectivity index (χ1) is 14.6. The number of hydrogen-bond acceptors (Lipinski definition) is 3. The number of nitrogens with zero attached hydrogens (tertiary/aromatic N) is 1. The number of carbonyl (C=O) groups is 2. The molecule has 0 radical (unpaired) electrons. The molecular formula is C27H35NO3. The van der Waals surface area contributed by atoms with E-state index in [1.54, 1.807) is 6.92 Å². The summed E-state index contributed by atoms with van der Waals surface area (Å²) >= 11 is 0. The second-order valence-corrected chi connectivity index (χ2v) is 8.69. The van der Waals surface area contributed by atoms with Crippen LogP contribution in [0.1, 0.15) is 82.1 Å². The topological polar surface area (TPSA) is 66.7 Å². The molecule has 0 aliphatic carbocycles. The second-order valence-electron chi connectivity index (χ2n) is 8.69. The summed E-state index contributed by atoms with van der Waals surface area (Å²) in [5.74, 6) is -0.780. The molecule has 0 saturated heterocycles. The predicted octanol–water partition coefficient (Wildman–Crippen LogP) is 6.71. The fraction of sp³-hybridized carbons (Fsp3) is 0.444. The fourth-order valence-electron chi connectivity index (χ4n) is 3.83. The summed E-state index contributed by atoms with van der Waals surface area (Å²) in [6.07, 6.45) is 9.45. The Morgan fingerprint density at radius 2 is 1.87 bits per heavy atom. The molecule has 0 spiro atoms. The number of hydrogen-bond donors (Lipinski definition) is 1. The van der Waals surface area contributed by atoms with Gasteiger partial charge in [0, 0.05) is 23.9 Å². The van der Waals surface area contributed by atoms with Gasteiger partial charge in [0.25, 0.3) is 0 Å². The number of carbonyl (C=O) groups excluding carboxylic acids is 1. The number of carboxylic acid groups (broad SMARTS) is 1. The Morgan fingerprint density at radius 1 is 1.16 bits per heavy atom. The second kappa shape index (κ2) is 11.0. The van der Waals surface area contributed by atoms with Gasteiger partial charge in [0.05, 0.1) is 0 Å². The molecule has 0 saturated carbocycles. The van der Waals surface area contributed by atoms with Crippen molar-refractivity contribution in [2.75, 3.05) is 0 Å². The number of aliphatic carboxylic acids is 1. The normalized spacial score (nSPS) is 19.3. The largest absolute Gasteiger partial charge is 0.481 e. The van der Waals surface area contributed by atoms with E-state index in [0.29, 0.717) is 12.0 Å². The van der Waals surface area contributed by atoms with Gasteiger partial charge >= 0.3 is 5.97 Å². The lowest BCUT2D eigenvalue weighted by Crippen LogP contribution is -2.07. The predicted molar refractivity (Wildman–Crippen MR) is 129 cm³/mol. The molecule has 1 aromatic carbocycles. The SMILES string of the molecule is CCC(C/C=C(/C(C)=O)c1cc(C2=C/N=C(C)CC\C(C)=C\2)cc(C)c1C)CC(=O)O. The smallest absolute Gasteiger partial charge is 0.303 e. The first-order valence-corrected chi connectivity index (χ1v) is 11.1. The number of benzene rings is 1. The van der Waals surface area contributed by atoms with Crippen LogP contribution in [0.5, 0.6) is 0 Å². The van der Waals surface area contributed by atoms with Crippen molar-refractivity contribution < 1.29 is 14.7 Å². The summed E-state index contributed by atoms with van der Waals surface area (Å²) in [5, 5.41) is 9.14. The van der Waals surface area contributed by atoms with Crippen LogP contribution in [0.15, 0.2) is 41.1 Å². The lowest BCUT2D eigenvalue weighted by Gasteiger charge is -2.17. The zero-order chi connectivity index (χ0) is 23.1. The highest BCUT2D eigenvalue weighted by atomic mass is 16.4. The third-order valence-corrected chi connectivity index (χ3v) is 6.07. The molecule has 0 bridgehead atoms. The van der Waals surface area contributed by atoms with Crippen LogP contribution < -0.4 is 0 Å². The van der Waals surface area contributed by atoms with Crippen molar-refractivity contribution in [2.24, 2.45) is 10.9 Å². The van der Waals surface area contributed by atoms with Crippen molar-refractivity contribution in [1.82, 2.24) is 0 Å². The van der Waals surface area contributed by atoms with Crippen LogP contribution >= 0.6 is 0 Å². The van der Waals surface area contributed by atoms with Gasteiger partial charge in [-0.25, -0.2) is 0 Å². The maximum absolute atomic E-state index is 12.6. The Hall–Kier alpha value is -2.75. The summed E-state index contributed by atoms with van der Waals surface area (Å²) in [6.45, 7) is 11.9. The van der Waals surface area contributed by atoms with Gasteiger partial charge in [0.1, 0.15) is 0 Å². The molecule has 0 aromatic heterocycles. The number of carboxylic acids is 1. The number of ketones is 1. The minimum absolute atomic E-state index is 0.00272. The summed E-state index contributed by atoms with van der Waals surface area (Å²) in [6, 6.07) is 4.23. The van der Waals surface area contributed by atoms with Crippen LogP contribution in [0.4, 0.5) is 0 Å². The van der Waals surface area contributed by atoms with Gasteiger partial charge in [0.2, 0.25) is 0 Å². The van der Waals surface area contributed by atoms with Crippen LogP contribution in [0.3, 0.4) is 0 Å². The average Bonchev–Trinajstić information content (AvgIpc) is 2.69. The van der Waals surface area contributed by atoms with Gasteiger partial charge in [-0.1, -0.05) is 37.1 Å². The summed E-state index contributed by atoms with van der Waals surface area (Å²) in [7, 11) is 0. The number of aryl methyl sites for hydroxylation is 1. The maximum Gasteiger partial charge on any atom is 0.303 e. The van der Waals surface area contributed by atoms with Crippen LogP contribution in [-0.2, 0) is 9.59 Å². The van der Waals surface area contributed by atoms with Crippen LogP contribution in [0.2, 0.25) is 0 Å². The van der Waals surface area contributed by atoms with E-state index in [1.165, 1.54) is 5.57 Å². The first-order valence-electron chi connectivity index (χ1n) is 11.1. The lowest BCUT2D eigenvalue weighted by molar-refractivity contribution is -0.138. The van der Waals surface area contributed by atoms with Gasteiger partial charge in [-0.2, -0.15) is 0 Å². The van der Waals surface area contributed by atoms with E-state index in [-0.39, 0.29) is 18.1 Å². The third-order valence-electron chi connectivity index (χ3n) is 6.07. The zero-order valence-corrected chi connectivity index (χ0v) is 19.7. The summed E-state index contributed by atoms with van der Waals surface area (Å²) in [4.78, 5) is 28.3. The van der Waals surface area contributed by atoms with Crippen LogP contribution in [0, 0.1) is 19.8 Å².